The Morgan fingerprint density at radius 2 is 1.43 bits per heavy atom. The summed E-state index contributed by atoms with van der Waals surface area (Å²) in [4.78, 5) is 21.8. The van der Waals surface area contributed by atoms with Gasteiger partial charge in [-0.1, -0.05) is 20.8 Å². The van der Waals surface area contributed by atoms with E-state index in [0.717, 1.165) is 0 Å². The number of carboxylic acids is 1. The lowest BCUT2D eigenvalue weighted by atomic mass is 10.3. The van der Waals surface area contributed by atoms with Crippen LogP contribution in [0.15, 0.2) is 0 Å². The number of nitrogens with zero attached hydrogens (tertiary/aromatic N) is 1. The van der Waals surface area contributed by atoms with Gasteiger partial charge < -0.3 is 10.0 Å². The first-order chi connectivity index (χ1) is 6.47. The first-order valence-corrected chi connectivity index (χ1v) is 4.91. The van der Waals surface area contributed by atoms with Crippen molar-refractivity contribution in [3.63, 3.8) is 0 Å². The molecule has 0 aliphatic carbocycles. The van der Waals surface area contributed by atoms with Crippen LogP contribution in [0.5, 0.6) is 0 Å². The molecule has 1 N–H and O–H groups in total. The molecule has 0 saturated heterocycles. The van der Waals surface area contributed by atoms with Crippen LogP contribution in [-0.4, -0.2) is 41.4 Å². The monoisotopic (exact) mass is 203 g/mol. The first kappa shape index (κ1) is 15.6. The van der Waals surface area contributed by atoms with E-state index in [9.17, 15) is 9.59 Å². The Kier molecular flexibility index (Phi) is 11.3. The molecule has 0 aromatic carbocycles. The van der Waals surface area contributed by atoms with Crippen LogP contribution in [0.25, 0.3) is 0 Å². The number of aliphatic carboxylic acids is 1. The normalized spacial score (nSPS) is 9.21. The van der Waals surface area contributed by atoms with Gasteiger partial charge >= 0.3 is 5.97 Å². The van der Waals surface area contributed by atoms with Crippen molar-refractivity contribution in [1.29, 1.82) is 0 Å². The summed E-state index contributed by atoms with van der Waals surface area (Å²) >= 11 is 0. The number of rotatable bonds is 5. The highest BCUT2D eigenvalue weighted by atomic mass is 16.4. The second-order valence-electron chi connectivity index (χ2n) is 2.89. The van der Waals surface area contributed by atoms with Crippen LogP contribution in [0, 0.1) is 0 Å². The summed E-state index contributed by atoms with van der Waals surface area (Å²) in [5, 5.41) is 7.86. The van der Waals surface area contributed by atoms with Gasteiger partial charge in [0.2, 0.25) is 0 Å². The molecule has 0 aliphatic rings. The van der Waals surface area contributed by atoms with Crippen molar-refractivity contribution in [1.82, 2.24) is 4.90 Å². The molecule has 4 heteroatoms. The van der Waals surface area contributed by atoms with Crippen LogP contribution in [0.4, 0.5) is 0 Å². The van der Waals surface area contributed by atoms with Crippen molar-refractivity contribution < 1.29 is 14.7 Å². The van der Waals surface area contributed by atoms with Gasteiger partial charge in [0.1, 0.15) is 12.2 Å². The zero-order valence-electron chi connectivity index (χ0n) is 9.54. The Balaban J connectivity index is 0. The summed E-state index contributed by atoms with van der Waals surface area (Å²) in [6.45, 7) is 11.4. The number of hydrogen-bond acceptors (Lipinski definition) is 3. The second-order valence-corrected chi connectivity index (χ2v) is 2.89. The van der Waals surface area contributed by atoms with E-state index >= 15 is 0 Å². The number of Topliss-reactive ketones (excluding diaryl/α,β-unsaturated/α-hetero) is 1. The zero-order chi connectivity index (χ0) is 11.6. The molecule has 0 aliphatic heterocycles. The maximum Gasteiger partial charge on any atom is 0.310 e. The van der Waals surface area contributed by atoms with Crippen molar-refractivity contribution in [2.75, 3.05) is 19.6 Å². The highest BCUT2D eigenvalue weighted by molar-refractivity contribution is 5.93. The Bertz CT molecular complexity index is 147. The number of carbonyl (C=O) groups excluding carboxylic acids is 1. The van der Waals surface area contributed by atoms with Gasteiger partial charge in [0.05, 0.1) is 0 Å². The van der Waals surface area contributed by atoms with E-state index in [2.05, 4.69) is 25.7 Å². The van der Waals surface area contributed by atoms with Crippen LogP contribution in [-0.2, 0) is 9.59 Å². The predicted octanol–water partition coefficient (Wildman–Crippen LogP) is 1.40. The molecule has 0 atom stereocenters. The van der Waals surface area contributed by atoms with E-state index in [0.29, 0.717) is 0 Å². The van der Waals surface area contributed by atoms with Gasteiger partial charge in [0, 0.05) is 0 Å². The van der Waals surface area contributed by atoms with Crippen molar-refractivity contribution >= 4 is 11.8 Å². The van der Waals surface area contributed by atoms with E-state index in [1.54, 1.807) is 0 Å². The number of carbonyl (C=O) groups is 2. The number of hydrogen-bond donors (Lipinski definition) is 1. The lowest BCUT2D eigenvalue weighted by Crippen LogP contribution is -2.21. The summed E-state index contributed by atoms with van der Waals surface area (Å²) in [5.74, 6) is -1.37. The largest absolute Gasteiger partial charge is 0.481 e. The molecule has 0 heterocycles. The summed E-state index contributed by atoms with van der Waals surface area (Å²) < 4.78 is 0. The van der Waals surface area contributed by atoms with E-state index in [4.69, 9.17) is 5.11 Å². The Labute approximate surface area is 85.9 Å². The molecule has 0 spiro atoms. The highest BCUT2D eigenvalue weighted by Gasteiger charge is 1.98. The molecule has 0 radical (unpaired) electrons. The molecule has 0 bridgehead atoms. The van der Waals surface area contributed by atoms with Crippen LogP contribution in [0.3, 0.4) is 0 Å². The minimum atomic E-state index is -1.06. The third kappa shape index (κ3) is 13.7. The predicted molar refractivity (Wildman–Crippen MR) is 56.4 cm³/mol. The van der Waals surface area contributed by atoms with Crippen molar-refractivity contribution in [2.24, 2.45) is 0 Å². The fourth-order valence-corrected chi connectivity index (χ4v) is 0.884. The van der Waals surface area contributed by atoms with Gasteiger partial charge in [-0.25, -0.2) is 0 Å². The lowest BCUT2D eigenvalue weighted by molar-refractivity contribution is -0.139. The molecule has 84 valence electrons. The van der Waals surface area contributed by atoms with Gasteiger partial charge in [-0.05, 0) is 26.6 Å². The fraction of sp³-hybridized carbons (Fsp3) is 0.800. The van der Waals surface area contributed by atoms with Gasteiger partial charge in [-0.3, -0.25) is 9.59 Å². The molecular formula is C10H21NO3. The minimum absolute atomic E-state index is 0.312. The molecule has 0 aromatic rings. The Morgan fingerprint density at radius 1 is 1.07 bits per heavy atom. The standard InChI is InChI=1S/C6H15N.C4H6O3/c1-4-7(5-2)6-3;1-3(5)2-4(6)7/h4-6H2,1-3H3;2H2,1H3,(H,6,7). The Morgan fingerprint density at radius 3 is 1.43 bits per heavy atom. The molecule has 0 unspecified atom stereocenters. The van der Waals surface area contributed by atoms with Gasteiger partial charge in [-0.15, -0.1) is 0 Å². The molecule has 14 heavy (non-hydrogen) atoms. The number of carboxylic acid groups (broad SMARTS) is 1. The molecule has 0 rings (SSSR count). The summed E-state index contributed by atoms with van der Waals surface area (Å²) in [7, 11) is 0. The minimum Gasteiger partial charge on any atom is -0.481 e. The molecule has 0 fully saturated rings. The fourth-order valence-electron chi connectivity index (χ4n) is 0.884. The maximum atomic E-state index is 9.87. The summed E-state index contributed by atoms with van der Waals surface area (Å²) in [6, 6.07) is 0. The lowest BCUT2D eigenvalue weighted by Gasteiger charge is -2.13. The van der Waals surface area contributed by atoms with Gasteiger partial charge in [0.15, 0.2) is 0 Å². The summed E-state index contributed by atoms with van der Waals surface area (Å²) in [6.07, 6.45) is -0.361. The molecule has 4 nitrogen and oxygen atoms in total. The smallest absolute Gasteiger partial charge is 0.310 e. The average molecular weight is 203 g/mol. The van der Waals surface area contributed by atoms with Gasteiger partial charge in [0.25, 0.3) is 0 Å². The Hall–Kier alpha value is -0.900. The van der Waals surface area contributed by atoms with Crippen molar-refractivity contribution in [2.45, 2.75) is 34.1 Å². The first-order valence-electron chi connectivity index (χ1n) is 4.91. The van der Waals surface area contributed by atoms with E-state index in [-0.39, 0.29) is 12.2 Å². The van der Waals surface area contributed by atoms with Crippen LogP contribution < -0.4 is 0 Å². The second kappa shape index (κ2) is 10.2. The summed E-state index contributed by atoms with van der Waals surface area (Å²) in [5.41, 5.74) is 0. The quantitative estimate of drug-likeness (QED) is 0.686. The van der Waals surface area contributed by atoms with E-state index in [1.807, 2.05) is 0 Å². The third-order valence-electron chi connectivity index (χ3n) is 1.74. The highest BCUT2D eigenvalue weighted by Crippen LogP contribution is 1.81. The number of ketones is 1. The van der Waals surface area contributed by atoms with Crippen LogP contribution in [0.1, 0.15) is 34.1 Å². The van der Waals surface area contributed by atoms with Gasteiger partial charge in [-0.2, -0.15) is 0 Å². The molecule has 0 saturated carbocycles. The third-order valence-corrected chi connectivity index (χ3v) is 1.74. The average Bonchev–Trinajstić information content (AvgIpc) is 2.06. The van der Waals surface area contributed by atoms with Crippen molar-refractivity contribution in [3.05, 3.63) is 0 Å². The van der Waals surface area contributed by atoms with E-state index < -0.39 is 5.97 Å². The van der Waals surface area contributed by atoms with Crippen molar-refractivity contribution in [3.8, 4) is 0 Å². The van der Waals surface area contributed by atoms with E-state index in [1.165, 1.54) is 26.6 Å². The molecule has 0 amide bonds. The SMILES string of the molecule is CC(=O)CC(=O)O.CCN(CC)CC. The maximum absolute atomic E-state index is 9.87. The van der Waals surface area contributed by atoms with Crippen LogP contribution >= 0.6 is 0 Å². The zero-order valence-corrected chi connectivity index (χ0v) is 9.54. The molecular weight excluding hydrogens is 182 g/mol. The topological polar surface area (TPSA) is 57.6 Å². The van der Waals surface area contributed by atoms with Crippen LogP contribution in [0.2, 0.25) is 0 Å². The molecule has 0 aromatic heterocycles.